The van der Waals surface area contributed by atoms with Crippen molar-refractivity contribution in [1.29, 1.82) is 0 Å². The standard InChI is InChI=1S/C7H7ClF2N2/c8-3-4-1-2-5(11)12-6(4)7(9)10/h1-2,7H,3H2,(H2,11,12). The van der Waals surface area contributed by atoms with Crippen LogP contribution in [0.4, 0.5) is 14.6 Å². The first-order valence-electron chi connectivity index (χ1n) is 3.24. The van der Waals surface area contributed by atoms with Gasteiger partial charge in [-0.25, -0.2) is 13.8 Å². The second-order valence-electron chi connectivity index (χ2n) is 2.21. The lowest BCUT2D eigenvalue weighted by atomic mass is 10.2. The van der Waals surface area contributed by atoms with E-state index in [1.54, 1.807) is 0 Å². The molecule has 0 aliphatic heterocycles. The molecule has 5 heteroatoms. The third kappa shape index (κ3) is 1.82. The molecule has 0 spiro atoms. The van der Waals surface area contributed by atoms with Crippen LogP contribution < -0.4 is 5.73 Å². The van der Waals surface area contributed by atoms with Crippen LogP contribution in [-0.4, -0.2) is 4.98 Å². The number of aromatic nitrogens is 1. The van der Waals surface area contributed by atoms with Crippen LogP contribution in [0, 0.1) is 0 Å². The topological polar surface area (TPSA) is 38.9 Å². The molecule has 0 aliphatic rings. The van der Waals surface area contributed by atoms with Crippen LogP contribution in [-0.2, 0) is 5.88 Å². The maximum atomic E-state index is 12.2. The summed E-state index contributed by atoms with van der Waals surface area (Å²) in [4.78, 5) is 3.49. The van der Waals surface area contributed by atoms with Crippen LogP contribution in [0.2, 0.25) is 0 Å². The van der Waals surface area contributed by atoms with Crippen molar-refractivity contribution in [1.82, 2.24) is 4.98 Å². The van der Waals surface area contributed by atoms with Gasteiger partial charge in [0.25, 0.3) is 6.43 Å². The molecule has 12 heavy (non-hydrogen) atoms. The molecule has 0 aromatic carbocycles. The molecule has 0 amide bonds. The van der Waals surface area contributed by atoms with Crippen LogP contribution in [0.25, 0.3) is 0 Å². The molecule has 2 N–H and O–H groups in total. The summed E-state index contributed by atoms with van der Waals surface area (Å²) in [6, 6.07) is 2.90. The molecule has 0 atom stereocenters. The Labute approximate surface area is 73.4 Å². The molecule has 0 unspecified atom stereocenters. The summed E-state index contributed by atoms with van der Waals surface area (Å²) in [5.74, 6) is 0.103. The molecule has 0 fully saturated rings. The van der Waals surface area contributed by atoms with Crippen LogP contribution in [0.15, 0.2) is 12.1 Å². The summed E-state index contributed by atoms with van der Waals surface area (Å²) < 4.78 is 24.4. The Morgan fingerprint density at radius 3 is 2.67 bits per heavy atom. The van der Waals surface area contributed by atoms with Crippen molar-refractivity contribution in [3.8, 4) is 0 Å². The van der Waals surface area contributed by atoms with Gasteiger partial charge in [-0.3, -0.25) is 0 Å². The van der Waals surface area contributed by atoms with Crippen LogP contribution in [0.1, 0.15) is 17.7 Å². The number of pyridine rings is 1. The summed E-state index contributed by atoms with van der Waals surface area (Å²) in [6.45, 7) is 0. The fourth-order valence-electron chi connectivity index (χ4n) is 0.821. The molecule has 1 heterocycles. The highest BCUT2D eigenvalue weighted by Gasteiger charge is 2.13. The van der Waals surface area contributed by atoms with Gasteiger partial charge in [0.05, 0.1) is 0 Å². The zero-order valence-corrected chi connectivity index (χ0v) is 6.85. The maximum absolute atomic E-state index is 12.2. The quantitative estimate of drug-likeness (QED) is 0.731. The molecule has 1 aromatic heterocycles. The highest BCUT2D eigenvalue weighted by molar-refractivity contribution is 6.17. The van der Waals surface area contributed by atoms with Gasteiger partial charge in [0.15, 0.2) is 0 Å². The summed E-state index contributed by atoms with van der Waals surface area (Å²) in [6.07, 6.45) is -2.62. The Morgan fingerprint density at radius 2 is 2.17 bits per heavy atom. The number of hydrogen-bond donors (Lipinski definition) is 1. The van der Waals surface area contributed by atoms with E-state index < -0.39 is 6.43 Å². The van der Waals surface area contributed by atoms with E-state index in [-0.39, 0.29) is 17.4 Å². The minimum absolute atomic E-state index is 0.0208. The van der Waals surface area contributed by atoms with Crippen molar-refractivity contribution in [2.24, 2.45) is 0 Å². The monoisotopic (exact) mass is 192 g/mol. The third-order valence-electron chi connectivity index (χ3n) is 1.38. The first-order chi connectivity index (χ1) is 5.65. The van der Waals surface area contributed by atoms with Gasteiger partial charge in [-0.2, -0.15) is 0 Å². The summed E-state index contributed by atoms with van der Waals surface area (Å²) in [5, 5.41) is 0. The second kappa shape index (κ2) is 3.67. The molecule has 1 aromatic rings. The van der Waals surface area contributed by atoms with Crippen LogP contribution >= 0.6 is 11.6 Å². The molecule has 0 aliphatic carbocycles. The van der Waals surface area contributed by atoms with Gasteiger partial charge in [-0.15, -0.1) is 11.6 Å². The van der Waals surface area contributed by atoms with Crippen molar-refractivity contribution in [2.45, 2.75) is 12.3 Å². The lowest BCUT2D eigenvalue weighted by molar-refractivity contribution is 0.145. The molecule has 2 nitrogen and oxygen atoms in total. The average molecular weight is 193 g/mol. The number of nitrogen functional groups attached to an aromatic ring is 1. The number of nitrogens with zero attached hydrogens (tertiary/aromatic N) is 1. The van der Waals surface area contributed by atoms with E-state index in [1.807, 2.05) is 0 Å². The van der Waals surface area contributed by atoms with Crippen molar-refractivity contribution in [3.63, 3.8) is 0 Å². The minimum Gasteiger partial charge on any atom is -0.384 e. The van der Waals surface area contributed by atoms with E-state index in [0.717, 1.165) is 0 Å². The largest absolute Gasteiger partial charge is 0.384 e. The predicted octanol–water partition coefficient (Wildman–Crippen LogP) is 2.34. The van der Waals surface area contributed by atoms with Crippen LogP contribution in [0.5, 0.6) is 0 Å². The molecule has 66 valence electrons. The van der Waals surface area contributed by atoms with Crippen LogP contribution in [0.3, 0.4) is 0 Å². The zero-order chi connectivity index (χ0) is 9.14. The van der Waals surface area contributed by atoms with Gasteiger partial charge in [-0.1, -0.05) is 6.07 Å². The molecule has 0 bridgehead atoms. The van der Waals surface area contributed by atoms with E-state index >= 15 is 0 Å². The van der Waals surface area contributed by atoms with Crippen molar-refractivity contribution >= 4 is 17.4 Å². The predicted molar refractivity (Wildman–Crippen MR) is 43.2 cm³/mol. The Hall–Kier alpha value is -0.900. The Balaban J connectivity index is 3.12. The number of rotatable bonds is 2. The lowest BCUT2D eigenvalue weighted by Crippen LogP contribution is -2.00. The van der Waals surface area contributed by atoms with E-state index in [0.29, 0.717) is 5.56 Å². The van der Waals surface area contributed by atoms with E-state index in [9.17, 15) is 8.78 Å². The summed E-state index contributed by atoms with van der Waals surface area (Å²) in [7, 11) is 0. The van der Waals surface area contributed by atoms with Gasteiger partial charge in [0.2, 0.25) is 0 Å². The number of hydrogen-bond acceptors (Lipinski definition) is 2. The highest BCUT2D eigenvalue weighted by Crippen LogP contribution is 2.22. The highest BCUT2D eigenvalue weighted by atomic mass is 35.5. The second-order valence-corrected chi connectivity index (χ2v) is 2.48. The summed E-state index contributed by atoms with van der Waals surface area (Å²) >= 11 is 5.41. The number of halogens is 3. The van der Waals surface area contributed by atoms with Gasteiger partial charge in [0.1, 0.15) is 11.5 Å². The third-order valence-corrected chi connectivity index (χ3v) is 1.67. The first-order valence-corrected chi connectivity index (χ1v) is 3.78. The van der Waals surface area contributed by atoms with Gasteiger partial charge < -0.3 is 5.73 Å². The molecular formula is C7H7ClF2N2. The number of anilines is 1. The fraction of sp³-hybridized carbons (Fsp3) is 0.286. The zero-order valence-electron chi connectivity index (χ0n) is 6.10. The minimum atomic E-state index is -2.62. The first kappa shape index (κ1) is 9.19. The Bertz CT molecular complexity index is 278. The maximum Gasteiger partial charge on any atom is 0.280 e. The van der Waals surface area contributed by atoms with Crippen molar-refractivity contribution < 1.29 is 8.78 Å². The normalized spacial score (nSPS) is 10.7. The lowest BCUT2D eigenvalue weighted by Gasteiger charge is -2.04. The van der Waals surface area contributed by atoms with E-state index in [1.165, 1.54) is 12.1 Å². The van der Waals surface area contributed by atoms with Gasteiger partial charge in [0, 0.05) is 5.88 Å². The molecule has 0 saturated heterocycles. The molecule has 0 radical (unpaired) electrons. The molecule has 1 rings (SSSR count). The Morgan fingerprint density at radius 1 is 1.50 bits per heavy atom. The van der Waals surface area contributed by atoms with Gasteiger partial charge >= 0.3 is 0 Å². The van der Waals surface area contributed by atoms with Crippen molar-refractivity contribution in [3.05, 3.63) is 23.4 Å². The summed E-state index contributed by atoms with van der Waals surface area (Å²) in [5.41, 5.74) is 5.22. The fourth-order valence-corrected chi connectivity index (χ4v) is 1.05. The van der Waals surface area contributed by atoms with E-state index in [4.69, 9.17) is 17.3 Å². The number of alkyl halides is 3. The Kier molecular flexibility index (Phi) is 2.81. The van der Waals surface area contributed by atoms with Gasteiger partial charge in [-0.05, 0) is 11.6 Å². The molecular weight excluding hydrogens is 186 g/mol. The van der Waals surface area contributed by atoms with Crippen molar-refractivity contribution in [2.75, 3.05) is 5.73 Å². The average Bonchev–Trinajstić information content (AvgIpc) is 2.04. The smallest absolute Gasteiger partial charge is 0.280 e. The van der Waals surface area contributed by atoms with E-state index in [2.05, 4.69) is 4.98 Å². The SMILES string of the molecule is Nc1ccc(CCl)c(C(F)F)n1. The molecule has 0 saturated carbocycles. The number of nitrogens with two attached hydrogens (primary N) is 1.